The maximum atomic E-state index is 13.6. The minimum Gasteiger partial charge on any atom is -0.354 e. The highest BCUT2D eigenvalue weighted by molar-refractivity contribution is 6.02. The van der Waals surface area contributed by atoms with Gasteiger partial charge >= 0.3 is 0 Å². The SMILES string of the molecule is CC1(CCC2=C3C(=O)C[C@@]4(C)[C@@H](CCCC45OCCO5)[C@]34C=C[C@H]2O4)OCCO1. The molecule has 2 aliphatic carbocycles. The Balaban J connectivity index is 1.38. The molecule has 158 valence electrons. The molecule has 0 aromatic carbocycles. The molecule has 6 rings (SSSR count). The van der Waals surface area contributed by atoms with Crippen molar-refractivity contribution in [2.45, 2.75) is 75.7 Å². The quantitative estimate of drug-likeness (QED) is 0.676. The monoisotopic (exact) mass is 402 g/mol. The molecule has 2 spiro atoms. The van der Waals surface area contributed by atoms with Crippen LogP contribution in [0.5, 0.6) is 0 Å². The molecule has 0 amide bonds. The molecule has 0 N–H and O–H groups in total. The van der Waals surface area contributed by atoms with E-state index in [4.69, 9.17) is 23.7 Å². The van der Waals surface area contributed by atoms with E-state index < -0.39 is 17.2 Å². The Hall–Kier alpha value is -1.05. The molecule has 4 atom stereocenters. The standard InChI is InChI=1S/C23H30O6/c1-20-14-16(24)19-15(5-8-21(2)25-10-11-26-21)17-6-9-22(19,29-17)18(20)4-3-7-23(20)27-12-13-28-23/h6,9,17-18H,3-5,7-8,10-14H2,1-2H3/t17-,18-,20+,22-/m1/s1. The highest BCUT2D eigenvalue weighted by atomic mass is 16.7. The van der Waals surface area contributed by atoms with Crippen molar-refractivity contribution in [1.82, 2.24) is 0 Å². The fourth-order valence-corrected chi connectivity index (χ4v) is 7.05. The zero-order valence-corrected chi connectivity index (χ0v) is 17.3. The van der Waals surface area contributed by atoms with Crippen molar-refractivity contribution in [3.8, 4) is 0 Å². The van der Waals surface area contributed by atoms with Gasteiger partial charge in [0.25, 0.3) is 0 Å². The molecule has 4 fully saturated rings. The van der Waals surface area contributed by atoms with Crippen LogP contribution in [-0.4, -0.2) is 55.5 Å². The van der Waals surface area contributed by atoms with Gasteiger partial charge in [0, 0.05) is 36.2 Å². The van der Waals surface area contributed by atoms with E-state index >= 15 is 0 Å². The van der Waals surface area contributed by atoms with Gasteiger partial charge in [-0.25, -0.2) is 0 Å². The molecule has 2 saturated heterocycles. The third kappa shape index (κ3) is 2.32. The summed E-state index contributed by atoms with van der Waals surface area (Å²) in [7, 11) is 0. The van der Waals surface area contributed by atoms with E-state index in [2.05, 4.69) is 19.1 Å². The largest absolute Gasteiger partial charge is 0.354 e. The molecule has 29 heavy (non-hydrogen) atoms. The number of fused-ring (bicyclic) bond motifs is 3. The summed E-state index contributed by atoms with van der Waals surface area (Å²) in [6.45, 7) is 6.66. The number of ketones is 1. The summed E-state index contributed by atoms with van der Waals surface area (Å²) < 4.78 is 30.6. The van der Waals surface area contributed by atoms with Crippen molar-refractivity contribution < 1.29 is 28.5 Å². The molecular formula is C23H30O6. The second-order valence-corrected chi connectivity index (χ2v) is 9.83. The Labute approximate surface area is 171 Å². The first-order valence-corrected chi connectivity index (χ1v) is 11.1. The normalized spacial score (nSPS) is 44.0. The molecular weight excluding hydrogens is 372 g/mol. The Morgan fingerprint density at radius 1 is 1.07 bits per heavy atom. The molecule has 0 unspecified atom stereocenters. The second kappa shape index (κ2) is 6.01. The maximum absolute atomic E-state index is 13.6. The fraction of sp³-hybridized carbons (Fsp3) is 0.783. The number of Topliss-reactive ketones (excluding diaryl/α,β-unsaturated/α-hetero) is 1. The number of carbonyl (C=O) groups excluding carboxylic acids is 1. The van der Waals surface area contributed by atoms with Gasteiger partial charge in [0.05, 0.1) is 32.5 Å². The molecule has 4 aliphatic heterocycles. The smallest absolute Gasteiger partial charge is 0.174 e. The van der Waals surface area contributed by atoms with Crippen molar-refractivity contribution in [1.29, 1.82) is 0 Å². The Morgan fingerprint density at radius 3 is 2.55 bits per heavy atom. The van der Waals surface area contributed by atoms with E-state index in [-0.39, 0.29) is 23.2 Å². The number of hydrogen-bond donors (Lipinski definition) is 0. The van der Waals surface area contributed by atoms with Gasteiger partial charge in [0.2, 0.25) is 0 Å². The van der Waals surface area contributed by atoms with Gasteiger partial charge in [0.1, 0.15) is 5.60 Å². The first kappa shape index (κ1) is 18.7. The van der Waals surface area contributed by atoms with E-state index in [0.29, 0.717) is 32.8 Å². The summed E-state index contributed by atoms with van der Waals surface area (Å²) in [4.78, 5) is 13.6. The molecule has 2 bridgehead atoms. The molecule has 6 aliphatic rings. The zero-order valence-electron chi connectivity index (χ0n) is 17.3. The predicted molar refractivity (Wildman–Crippen MR) is 103 cm³/mol. The molecule has 2 saturated carbocycles. The first-order valence-electron chi connectivity index (χ1n) is 11.1. The zero-order chi connectivity index (χ0) is 19.9. The summed E-state index contributed by atoms with van der Waals surface area (Å²) >= 11 is 0. The van der Waals surface area contributed by atoms with Crippen molar-refractivity contribution in [2.75, 3.05) is 26.4 Å². The topological polar surface area (TPSA) is 63.2 Å². The van der Waals surface area contributed by atoms with Crippen LogP contribution in [-0.2, 0) is 28.5 Å². The first-order chi connectivity index (χ1) is 13.9. The van der Waals surface area contributed by atoms with E-state index in [0.717, 1.165) is 43.3 Å². The summed E-state index contributed by atoms with van der Waals surface area (Å²) in [5.74, 6) is -0.825. The lowest BCUT2D eigenvalue weighted by Crippen LogP contribution is -2.64. The summed E-state index contributed by atoms with van der Waals surface area (Å²) in [6, 6.07) is 0. The summed E-state index contributed by atoms with van der Waals surface area (Å²) in [5, 5.41) is 0. The van der Waals surface area contributed by atoms with Crippen LogP contribution in [0.2, 0.25) is 0 Å². The van der Waals surface area contributed by atoms with Crippen LogP contribution in [0.1, 0.15) is 52.4 Å². The molecule has 6 heteroatoms. The van der Waals surface area contributed by atoms with Crippen LogP contribution < -0.4 is 0 Å². The minimum absolute atomic E-state index is 0.107. The minimum atomic E-state index is -0.650. The summed E-state index contributed by atoms with van der Waals surface area (Å²) in [5.41, 5.74) is 1.04. The van der Waals surface area contributed by atoms with Gasteiger partial charge in [0.15, 0.2) is 17.4 Å². The van der Waals surface area contributed by atoms with Gasteiger partial charge in [-0.15, -0.1) is 0 Å². The molecule has 0 radical (unpaired) electrons. The number of hydrogen-bond acceptors (Lipinski definition) is 6. The van der Waals surface area contributed by atoms with Crippen LogP contribution in [0.25, 0.3) is 0 Å². The molecule has 0 aromatic rings. The van der Waals surface area contributed by atoms with Crippen LogP contribution >= 0.6 is 0 Å². The van der Waals surface area contributed by atoms with Crippen LogP contribution in [0.3, 0.4) is 0 Å². The van der Waals surface area contributed by atoms with Crippen LogP contribution in [0.4, 0.5) is 0 Å². The van der Waals surface area contributed by atoms with Gasteiger partial charge in [-0.05, 0) is 37.8 Å². The number of rotatable bonds is 3. The molecule has 4 heterocycles. The third-order valence-electron chi connectivity index (χ3n) is 8.36. The van der Waals surface area contributed by atoms with Gasteiger partial charge in [-0.1, -0.05) is 13.0 Å². The van der Waals surface area contributed by atoms with Crippen LogP contribution in [0.15, 0.2) is 23.3 Å². The van der Waals surface area contributed by atoms with Gasteiger partial charge in [-0.3, -0.25) is 4.79 Å². The average Bonchev–Trinajstić information content (AvgIpc) is 3.46. The van der Waals surface area contributed by atoms with E-state index in [9.17, 15) is 4.79 Å². The van der Waals surface area contributed by atoms with Crippen molar-refractivity contribution in [2.24, 2.45) is 11.3 Å². The average molecular weight is 402 g/mol. The number of ether oxygens (including phenoxy) is 5. The lowest BCUT2D eigenvalue weighted by molar-refractivity contribution is -0.286. The van der Waals surface area contributed by atoms with Gasteiger partial charge < -0.3 is 23.7 Å². The van der Waals surface area contributed by atoms with Crippen molar-refractivity contribution >= 4 is 5.78 Å². The predicted octanol–water partition coefficient (Wildman–Crippen LogP) is 3.06. The lowest BCUT2D eigenvalue weighted by atomic mass is 9.50. The van der Waals surface area contributed by atoms with E-state index in [1.54, 1.807) is 0 Å². The molecule has 0 aromatic heterocycles. The summed E-state index contributed by atoms with van der Waals surface area (Å²) in [6.07, 6.45) is 9.07. The third-order valence-corrected chi connectivity index (χ3v) is 8.36. The van der Waals surface area contributed by atoms with Crippen molar-refractivity contribution in [3.63, 3.8) is 0 Å². The van der Waals surface area contributed by atoms with Crippen LogP contribution in [0, 0.1) is 11.3 Å². The van der Waals surface area contributed by atoms with Crippen molar-refractivity contribution in [3.05, 3.63) is 23.3 Å². The van der Waals surface area contributed by atoms with E-state index in [1.807, 2.05) is 6.92 Å². The second-order valence-electron chi connectivity index (χ2n) is 9.83. The highest BCUT2D eigenvalue weighted by Gasteiger charge is 2.70. The Bertz CT molecular complexity index is 802. The fourth-order valence-electron chi connectivity index (χ4n) is 7.05. The lowest BCUT2D eigenvalue weighted by Gasteiger charge is -2.59. The number of carbonyl (C=O) groups is 1. The maximum Gasteiger partial charge on any atom is 0.174 e. The molecule has 6 nitrogen and oxygen atoms in total. The Morgan fingerprint density at radius 2 is 1.79 bits per heavy atom. The highest BCUT2D eigenvalue weighted by Crippen LogP contribution is 2.66. The Kier molecular flexibility index (Phi) is 3.88. The van der Waals surface area contributed by atoms with Gasteiger partial charge in [-0.2, -0.15) is 0 Å². The van der Waals surface area contributed by atoms with E-state index in [1.165, 1.54) is 0 Å².